The van der Waals surface area contributed by atoms with Gasteiger partial charge in [-0.3, -0.25) is 9.69 Å². The Morgan fingerprint density at radius 3 is 2.55 bits per heavy atom. The minimum absolute atomic E-state index is 0.00744. The van der Waals surface area contributed by atoms with Gasteiger partial charge >= 0.3 is 0 Å². The molecule has 0 unspecified atom stereocenters. The van der Waals surface area contributed by atoms with Gasteiger partial charge in [0.15, 0.2) is 5.76 Å². The van der Waals surface area contributed by atoms with Gasteiger partial charge in [-0.1, -0.05) is 12.1 Å². The SMILES string of the molecule is O=C1C(Oc2ccc(C3CC3)cc2)=CCN1C1CC(OCCN2CCOCC2)C1. The lowest BCUT2D eigenvalue weighted by atomic mass is 9.88. The van der Waals surface area contributed by atoms with Crippen molar-refractivity contribution in [2.45, 2.75) is 43.7 Å². The first-order valence-electron chi connectivity index (χ1n) is 11.0. The molecule has 0 aromatic heterocycles. The first-order chi connectivity index (χ1) is 14.3. The Labute approximate surface area is 172 Å². The number of ether oxygens (including phenoxy) is 3. The van der Waals surface area contributed by atoms with Crippen molar-refractivity contribution in [1.29, 1.82) is 0 Å². The lowest BCUT2D eigenvalue weighted by Crippen LogP contribution is -2.50. The molecule has 2 saturated carbocycles. The maximum atomic E-state index is 12.7. The van der Waals surface area contributed by atoms with E-state index in [1.54, 1.807) is 0 Å². The zero-order chi connectivity index (χ0) is 19.6. The fourth-order valence-electron chi connectivity index (χ4n) is 4.35. The highest BCUT2D eigenvalue weighted by molar-refractivity contribution is 5.94. The van der Waals surface area contributed by atoms with E-state index in [9.17, 15) is 4.79 Å². The second-order valence-corrected chi connectivity index (χ2v) is 8.54. The van der Waals surface area contributed by atoms with E-state index >= 15 is 0 Å². The molecule has 0 atom stereocenters. The molecule has 1 aromatic rings. The lowest BCUT2D eigenvalue weighted by Gasteiger charge is -2.41. The largest absolute Gasteiger partial charge is 0.452 e. The van der Waals surface area contributed by atoms with Crippen molar-refractivity contribution in [3.63, 3.8) is 0 Å². The Balaban J connectivity index is 1.03. The molecule has 2 aliphatic heterocycles. The van der Waals surface area contributed by atoms with Gasteiger partial charge < -0.3 is 19.1 Å². The quantitative estimate of drug-likeness (QED) is 0.674. The molecule has 0 bridgehead atoms. The van der Waals surface area contributed by atoms with E-state index in [-0.39, 0.29) is 18.1 Å². The molecule has 29 heavy (non-hydrogen) atoms. The highest BCUT2D eigenvalue weighted by Crippen LogP contribution is 2.40. The summed E-state index contributed by atoms with van der Waals surface area (Å²) in [7, 11) is 0. The second kappa shape index (κ2) is 8.46. The normalized spacial score (nSPS) is 27.7. The summed E-state index contributed by atoms with van der Waals surface area (Å²) in [5.41, 5.74) is 1.37. The van der Waals surface area contributed by atoms with Gasteiger partial charge in [0.05, 0.1) is 25.9 Å². The molecule has 1 aromatic carbocycles. The number of rotatable bonds is 8. The number of hydrogen-bond acceptors (Lipinski definition) is 5. The third-order valence-corrected chi connectivity index (χ3v) is 6.48. The van der Waals surface area contributed by atoms with Crippen molar-refractivity contribution in [3.8, 4) is 5.75 Å². The van der Waals surface area contributed by atoms with Crippen molar-refractivity contribution in [3.05, 3.63) is 41.7 Å². The first-order valence-corrected chi connectivity index (χ1v) is 11.0. The topological polar surface area (TPSA) is 51.2 Å². The van der Waals surface area contributed by atoms with Crippen LogP contribution in [0.3, 0.4) is 0 Å². The summed E-state index contributed by atoms with van der Waals surface area (Å²) in [6, 6.07) is 8.47. The van der Waals surface area contributed by atoms with Crippen LogP contribution in [0.4, 0.5) is 0 Å². The molecule has 5 rings (SSSR count). The Bertz CT molecular complexity index is 747. The predicted molar refractivity (Wildman–Crippen MR) is 109 cm³/mol. The summed E-state index contributed by atoms with van der Waals surface area (Å²) in [6.45, 7) is 6.00. The lowest BCUT2D eigenvalue weighted by molar-refractivity contribution is -0.135. The van der Waals surface area contributed by atoms with Crippen LogP contribution in [0.2, 0.25) is 0 Å². The zero-order valence-electron chi connectivity index (χ0n) is 16.9. The average Bonchev–Trinajstić information content (AvgIpc) is 3.51. The Morgan fingerprint density at radius 1 is 1.07 bits per heavy atom. The minimum atomic E-state index is 0.00744. The Kier molecular flexibility index (Phi) is 5.57. The summed E-state index contributed by atoms with van der Waals surface area (Å²) in [5, 5.41) is 0. The second-order valence-electron chi connectivity index (χ2n) is 8.54. The van der Waals surface area contributed by atoms with Crippen LogP contribution in [-0.4, -0.2) is 73.9 Å². The molecular formula is C23H30N2O4. The van der Waals surface area contributed by atoms with Crippen molar-refractivity contribution in [1.82, 2.24) is 9.80 Å². The molecule has 4 aliphatic rings. The predicted octanol–water partition coefficient (Wildman–Crippen LogP) is 2.55. The van der Waals surface area contributed by atoms with E-state index in [0.29, 0.717) is 12.3 Å². The van der Waals surface area contributed by atoms with Gasteiger partial charge in [-0.25, -0.2) is 0 Å². The number of morpholine rings is 1. The number of carbonyl (C=O) groups excluding carboxylic acids is 1. The molecular weight excluding hydrogens is 368 g/mol. The van der Waals surface area contributed by atoms with Crippen LogP contribution in [-0.2, 0) is 14.3 Å². The Morgan fingerprint density at radius 2 is 1.83 bits per heavy atom. The van der Waals surface area contributed by atoms with Gasteiger partial charge in [-0.2, -0.15) is 0 Å². The van der Waals surface area contributed by atoms with E-state index < -0.39 is 0 Å². The molecule has 1 amide bonds. The summed E-state index contributed by atoms with van der Waals surface area (Å²) >= 11 is 0. The molecule has 2 heterocycles. The van der Waals surface area contributed by atoms with Crippen LogP contribution in [0, 0.1) is 0 Å². The van der Waals surface area contributed by atoms with Crippen LogP contribution < -0.4 is 4.74 Å². The molecule has 0 spiro atoms. The van der Waals surface area contributed by atoms with Gasteiger partial charge in [0.1, 0.15) is 5.75 Å². The van der Waals surface area contributed by atoms with E-state index in [1.165, 1.54) is 18.4 Å². The van der Waals surface area contributed by atoms with Gasteiger partial charge in [-0.05, 0) is 55.4 Å². The van der Waals surface area contributed by atoms with Gasteiger partial charge in [-0.15, -0.1) is 0 Å². The van der Waals surface area contributed by atoms with Gasteiger partial charge in [0.25, 0.3) is 5.91 Å². The van der Waals surface area contributed by atoms with E-state index in [2.05, 4.69) is 17.0 Å². The molecule has 3 fully saturated rings. The third kappa shape index (κ3) is 4.49. The third-order valence-electron chi connectivity index (χ3n) is 6.48. The number of carbonyl (C=O) groups is 1. The minimum Gasteiger partial charge on any atom is -0.452 e. The van der Waals surface area contributed by atoms with Gasteiger partial charge in [0.2, 0.25) is 0 Å². The van der Waals surface area contributed by atoms with Crippen LogP contribution in [0.15, 0.2) is 36.1 Å². The monoisotopic (exact) mass is 398 g/mol. The molecule has 6 nitrogen and oxygen atoms in total. The van der Waals surface area contributed by atoms with Crippen molar-refractivity contribution < 1.29 is 19.0 Å². The highest BCUT2D eigenvalue weighted by Gasteiger charge is 2.40. The van der Waals surface area contributed by atoms with Crippen LogP contribution in [0.25, 0.3) is 0 Å². The van der Waals surface area contributed by atoms with Crippen molar-refractivity contribution in [2.75, 3.05) is 46.0 Å². The van der Waals surface area contributed by atoms with Gasteiger partial charge in [0, 0.05) is 32.2 Å². The Hall–Kier alpha value is -1.89. The molecule has 6 heteroatoms. The number of hydrogen-bond donors (Lipinski definition) is 0. The summed E-state index contributed by atoms with van der Waals surface area (Å²) in [4.78, 5) is 17.0. The number of amides is 1. The van der Waals surface area contributed by atoms with E-state index in [4.69, 9.17) is 14.2 Å². The molecule has 0 radical (unpaired) electrons. The smallest absolute Gasteiger partial charge is 0.289 e. The molecule has 2 aliphatic carbocycles. The maximum Gasteiger partial charge on any atom is 0.289 e. The molecule has 156 valence electrons. The zero-order valence-corrected chi connectivity index (χ0v) is 16.9. The average molecular weight is 399 g/mol. The van der Waals surface area contributed by atoms with Crippen LogP contribution >= 0.6 is 0 Å². The van der Waals surface area contributed by atoms with Crippen LogP contribution in [0.5, 0.6) is 5.75 Å². The number of nitrogens with zero attached hydrogens (tertiary/aromatic N) is 2. The standard InChI is InChI=1S/C23H30N2O4/c26-23-22(29-20-5-3-18(4-6-20)17-1-2-17)7-8-25(23)19-15-21(16-19)28-14-11-24-9-12-27-13-10-24/h3-7,17,19,21H,1-2,8-16H2. The van der Waals surface area contributed by atoms with Crippen LogP contribution in [0.1, 0.15) is 37.2 Å². The van der Waals surface area contributed by atoms with E-state index in [1.807, 2.05) is 23.1 Å². The summed E-state index contributed by atoms with van der Waals surface area (Å²) < 4.78 is 17.2. The maximum absolute atomic E-state index is 12.7. The fraction of sp³-hybridized carbons (Fsp3) is 0.609. The van der Waals surface area contributed by atoms with Crippen molar-refractivity contribution in [2.24, 2.45) is 0 Å². The highest BCUT2D eigenvalue weighted by atomic mass is 16.5. The van der Waals surface area contributed by atoms with Crippen molar-refractivity contribution >= 4 is 5.91 Å². The molecule has 0 N–H and O–H groups in total. The fourth-order valence-corrected chi connectivity index (χ4v) is 4.35. The van der Waals surface area contributed by atoms with E-state index in [0.717, 1.165) is 64.0 Å². The molecule has 1 saturated heterocycles. The number of benzene rings is 1. The summed E-state index contributed by atoms with van der Waals surface area (Å²) in [6.07, 6.45) is 6.60. The first kappa shape index (κ1) is 19.1. The summed E-state index contributed by atoms with van der Waals surface area (Å²) in [5.74, 6) is 1.94.